The summed E-state index contributed by atoms with van der Waals surface area (Å²) in [6.45, 7) is 3.73. The summed E-state index contributed by atoms with van der Waals surface area (Å²) in [7, 11) is 0. The van der Waals surface area contributed by atoms with Crippen molar-refractivity contribution in [3.05, 3.63) is 22.7 Å². The molecule has 2 aromatic heterocycles. The monoisotopic (exact) mass is 240 g/mol. The molecule has 0 amide bonds. The molecule has 6 nitrogen and oxygen atoms in total. The number of nitrogens with zero attached hydrogens (tertiary/aromatic N) is 4. The molecular formula is C9H9ClN4O2. The van der Waals surface area contributed by atoms with Gasteiger partial charge in [0.05, 0.1) is 6.61 Å². The molecule has 7 heteroatoms. The second kappa shape index (κ2) is 4.05. The van der Waals surface area contributed by atoms with E-state index in [1.165, 1.54) is 10.6 Å². The van der Waals surface area contributed by atoms with Crippen LogP contribution in [0.5, 0.6) is 0 Å². The lowest BCUT2D eigenvalue weighted by molar-refractivity contribution is 0.0519. The van der Waals surface area contributed by atoms with Crippen LogP contribution in [0.15, 0.2) is 6.07 Å². The van der Waals surface area contributed by atoms with Gasteiger partial charge in [0.2, 0.25) is 0 Å². The summed E-state index contributed by atoms with van der Waals surface area (Å²) in [5.41, 5.74) is 0.131. The van der Waals surface area contributed by atoms with Gasteiger partial charge in [-0.15, -0.1) is 5.10 Å². The first-order chi connectivity index (χ1) is 7.61. The number of halogens is 1. The highest BCUT2D eigenvalue weighted by Crippen LogP contribution is 2.12. The molecule has 2 heterocycles. The summed E-state index contributed by atoms with van der Waals surface area (Å²) in [4.78, 5) is 19.5. The number of rotatable bonds is 2. The Morgan fingerprint density at radius 2 is 2.31 bits per heavy atom. The molecule has 0 aromatic carbocycles. The second-order valence-electron chi connectivity index (χ2n) is 3.06. The van der Waals surface area contributed by atoms with E-state index in [4.69, 9.17) is 16.3 Å². The normalized spacial score (nSPS) is 10.7. The standard InChI is InChI=1S/C9H9ClN4O2/c1-3-16-8(15)6-4-7(10)14-9(12-6)11-5(2)13-14/h4H,3H2,1-2H3. The van der Waals surface area contributed by atoms with Crippen LogP contribution in [-0.4, -0.2) is 32.2 Å². The molecule has 16 heavy (non-hydrogen) atoms. The van der Waals surface area contributed by atoms with Crippen LogP contribution in [0.3, 0.4) is 0 Å². The molecule has 2 rings (SSSR count). The minimum atomic E-state index is -0.521. The number of hydrogen-bond donors (Lipinski definition) is 0. The predicted octanol–water partition coefficient (Wildman–Crippen LogP) is 1.26. The molecule has 0 atom stereocenters. The van der Waals surface area contributed by atoms with Crippen molar-refractivity contribution in [1.29, 1.82) is 0 Å². The average molecular weight is 241 g/mol. The summed E-state index contributed by atoms with van der Waals surface area (Å²) in [6, 6.07) is 1.40. The van der Waals surface area contributed by atoms with Gasteiger partial charge in [0.15, 0.2) is 5.69 Å². The van der Waals surface area contributed by atoms with Gasteiger partial charge in [0.25, 0.3) is 5.78 Å². The topological polar surface area (TPSA) is 69.4 Å². The van der Waals surface area contributed by atoms with E-state index >= 15 is 0 Å². The minimum Gasteiger partial charge on any atom is -0.461 e. The van der Waals surface area contributed by atoms with E-state index < -0.39 is 5.97 Å². The molecule has 0 fully saturated rings. The Labute approximate surface area is 96.2 Å². The summed E-state index contributed by atoms with van der Waals surface area (Å²) < 4.78 is 6.18. The first kappa shape index (κ1) is 10.8. The van der Waals surface area contributed by atoms with Crippen LogP contribution in [0.2, 0.25) is 5.15 Å². The highest BCUT2D eigenvalue weighted by atomic mass is 35.5. The van der Waals surface area contributed by atoms with E-state index in [1.807, 2.05) is 0 Å². The van der Waals surface area contributed by atoms with Gasteiger partial charge in [0.1, 0.15) is 11.0 Å². The summed E-state index contributed by atoms with van der Waals surface area (Å²) in [6.07, 6.45) is 0. The Balaban J connectivity index is 2.53. The van der Waals surface area contributed by atoms with Crippen molar-refractivity contribution in [2.75, 3.05) is 6.61 Å². The molecular weight excluding hydrogens is 232 g/mol. The van der Waals surface area contributed by atoms with Crippen LogP contribution in [0.4, 0.5) is 0 Å². The Bertz CT molecular complexity index is 552. The number of ether oxygens (including phenoxy) is 1. The molecule has 0 aliphatic rings. The summed E-state index contributed by atoms with van der Waals surface area (Å²) >= 11 is 5.93. The molecule has 0 spiro atoms. The van der Waals surface area contributed by atoms with Gasteiger partial charge < -0.3 is 4.74 Å². The zero-order valence-electron chi connectivity index (χ0n) is 8.77. The van der Waals surface area contributed by atoms with Crippen LogP contribution < -0.4 is 0 Å². The van der Waals surface area contributed by atoms with Crippen molar-refractivity contribution in [3.63, 3.8) is 0 Å². The number of carbonyl (C=O) groups excluding carboxylic acids is 1. The predicted molar refractivity (Wildman–Crippen MR) is 56.5 cm³/mol. The smallest absolute Gasteiger partial charge is 0.357 e. The molecule has 84 valence electrons. The van der Waals surface area contributed by atoms with Gasteiger partial charge in [-0.2, -0.15) is 9.50 Å². The lowest BCUT2D eigenvalue weighted by Crippen LogP contribution is -2.09. The van der Waals surface area contributed by atoms with Crippen molar-refractivity contribution in [2.45, 2.75) is 13.8 Å². The van der Waals surface area contributed by atoms with E-state index in [2.05, 4.69) is 15.1 Å². The zero-order chi connectivity index (χ0) is 11.7. The van der Waals surface area contributed by atoms with E-state index in [1.54, 1.807) is 13.8 Å². The van der Waals surface area contributed by atoms with Crippen molar-refractivity contribution in [1.82, 2.24) is 19.6 Å². The third kappa shape index (κ3) is 1.83. The molecule has 0 N–H and O–H groups in total. The van der Waals surface area contributed by atoms with Crippen LogP contribution in [0, 0.1) is 6.92 Å². The van der Waals surface area contributed by atoms with E-state index in [-0.39, 0.29) is 23.2 Å². The maximum atomic E-state index is 11.4. The van der Waals surface area contributed by atoms with E-state index in [0.717, 1.165) is 0 Å². The minimum absolute atomic E-state index is 0.131. The van der Waals surface area contributed by atoms with Gasteiger partial charge in [-0.05, 0) is 13.8 Å². The summed E-state index contributed by atoms with van der Waals surface area (Å²) in [5, 5.41) is 4.29. The second-order valence-corrected chi connectivity index (χ2v) is 3.44. The number of fused-ring (bicyclic) bond motifs is 1. The van der Waals surface area contributed by atoms with E-state index in [9.17, 15) is 4.79 Å². The van der Waals surface area contributed by atoms with Crippen LogP contribution in [-0.2, 0) is 4.74 Å². The molecule has 0 aliphatic carbocycles. The fourth-order valence-electron chi connectivity index (χ4n) is 1.24. The Hall–Kier alpha value is -1.69. The van der Waals surface area contributed by atoms with Gasteiger partial charge in [0, 0.05) is 6.07 Å². The number of hydrogen-bond acceptors (Lipinski definition) is 5. The first-order valence-electron chi connectivity index (χ1n) is 4.69. The lowest BCUT2D eigenvalue weighted by Gasteiger charge is -2.01. The molecule has 0 saturated heterocycles. The largest absolute Gasteiger partial charge is 0.461 e. The molecule has 2 aromatic rings. The molecule has 0 aliphatic heterocycles. The highest BCUT2D eigenvalue weighted by molar-refractivity contribution is 6.30. The van der Waals surface area contributed by atoms with Crippen LogP contribution in [0.1, 0.15) is 23.2 Å². The van der Waals surface area contributed by atoms with Gasteiger partial charge in [-0.25, -0.2) is 9.78 Å². The van der Waals surface area contributed by atoms with Crippen molar-refractivity contribution < 1.29 is 9.53 Å². The van der Waals surface area contributed by atoms with Crippen molar-refractivity contribution in [3.8, 4) is 0 Å². The maximum absolute atomic E-state index is 11.4. The van der Waals surface area contributed by atoms with Gasteiger partial charge >= 0.3 is 5.97 Å². The Kier molecular flexibility index (Phi) is 2.74. The number of aromatic nitrogens is 4. The fourth-order valence-corrected chi connectivity index (χ4v) is 1.46. The average Bonchev–Trinajstić information content (AvgIpc) is 2.59. The first-order valence-corrected chi connectivity index (χ1v) is 5.06. The number of carbonyl (C=O) groups is 1. The Morgan fingerprint density at radius 3 is 3.00 bits per heavy atom. The van der Waals surface area contributed by atoms with Gasteiger partial charge in [-0.3, -0.25) is 0 Å². The molecule has 0 unspecified atom stereocenters. The van der Waals surface area contributed by atoms with Crippen molar-refractivity contribution >= 4 is 23.3 Å². The zero-order valence-corrected chi connectivity index (χ0v) is 9.52. The summed E-state index contributed by atoms with van der Waals surface area (Å²) in [5.74, 6) is 0.302. The van der Waals surface area contributed by atoms with Crippen molar-refractivity contribution in [2.24, 2.45) is 0 Å². The maximum Gasteiger partial charge on any atom is 0.357 e. The molecule has 0 saturated carbocycles. The molecule has 0 radical (unpaired) electrons. The third-order valence-electron chi connectivity index (χ3n) is 1.86. The van der Waals surface area contributed by atoms with E-state index in [0.29, 0.717) is 5.82 Å². The molecule has 0 bridgehead atoms. The SMILES string of the molecule is CCOC(=O)c1cc(Cl)n2nc(C)nc2n1. The number of aryl methyl sites for hydroxylation is 1. The Morgan fingerprint density at radius 1 is 1.56 bits per heavy atom. The third-order valence-corrected chi connectivity index (χ3v) is 2.13. The van der Waals surface area contributed by atoms with Crippen LogP contribution in [0.25, 0.3) is 5.78 Å². The van der Waals surface area contributed by atoms with Crippen LogP contribution >= 0.6 is 11.6 Å². The lowest BCUT2D eigenvalue weighted by atomic mass is 10.4. The number of esters is 1. The quantitative estimate of drug-likeness (QED) is 0.584. The highest BCUT2D eigenvalue weighted by Gasteiger charge is 2.13. The van der Waals surface area contributed by atoms with Gasteiger partial charge in [-0.1, -0.05) is 11.6 Å². The fraction of sp³-hybridized carbons (Fsp3) is 0.333.